The Labute approximate surface area is 264 Å². The number of anilines is 3. The molecule has 0 atom stereocenters. The van der Waals surface area contributed by atoms with Crippen molar-refractivity contribution in [2.24, 2.45) is 0 Å². The van der Waals surface area contributed by atoms with Crippen LogP contribution in [0.25, 0.3) is 40.3 Å². The fourth-order valence-corrected chi connectivity index (χ4v) is 6.18. The Balaban J connectivity index is 0.000000195. The molecule has 6 aromatic rings. The van der Waals surface area contributed by atoms with E-state index in [-0.39, 0.29) is 23.2 Å². The van der Waals surface area contributed by atoms with Gasteiger partial charge in [-0.05, 0) is 67.6 Å². The summed E-state index contributed by atoms with van der Waals surface area (Å²) in [5.74, 6) is 0. The van der Waals surface area contributed by atoms with Crippen molar-refractivity contribution in [3.05, 3.63) is 103 Å². The molecule has 0 unspecified atom stereocenters. The normalized spacial score (nSPS) is 10.3. The van der Waals surface area contributed by atoms with Gasteiger partial charge in [-0.15, -0.1) is 22.7 Å². The first-order chi connectivity index (χ1) is 20.0. The van der Waals surface area contributed by atoms with Crippen LogP contribution in [0.3, 0.4) is 0 Å². The van der Waals surface area contributed by atoms with E-state index in [9.17, 15) is 19.7 Å². The van der Waals surface area contributed by atoms with Crippen LogP contribution in [0.4, 0.5) is 22.7 Å². The first-order valence-corrected chi connectivity index (χ1v) is 20.9. The number of nitro groups is 1. The Bertz CT molecular complexity index is 1960. The van der Waals surface area contributed by atoms with E-state index in [1.54, 1.807) is 49.4 Å². The molecule has 4 aromatic carbocycles. The van der Waals surface area contributed by atoms with Gasteiger partial charge >= 0.3 is 36.7 Å². The molecule has 0 amide bonds. The Morgan fingerprint density at radius 2 is 1.00 bits per heavy atom. The molecule has 6 rings (SSSR count). The molecule has 216 valence electrons. The minimum atomic E-state index is -0.826. The number of nitrogens with zero attached hydrogens (tertiary/aromatic N) is 1. The van der Waals surface area contributed by atoms with Crippen molar-refractivity contribution >= 4 is 122 Å². The summed E-state index contributed by atoms with van der Waals surface area (Å²) in [4.78, 5) is 34.8. The zero-order valence-electron chi connectivity index (χ0n) is 22.0. The van der Waals surface area contributed by atoms with Crippen molar-refractivity contribution in [2.45, 2.75) is 6.92 Å². The topological polar surface area (TPSA) is 176 Å². The molecule has 0 aliphatic carbocycles. The van der Waals surface area contributed by atoms with Crippen molar-refractivity contribution < 1.29 is 10.0 Å². The summed E-state index contributed by atoms with van der Waals surface area (Å²) in [5, 5.41) is 20.8. The molecule has 0 saturated heterocycles. The number of hydrogen-bond acceptors (Lipinski definition) is 10. The van der Waals surface area contributed by atoms with Gasteiger partial charge in [-0.2, -0.15) is 0 Å². The maximum atomic E-state index is 12.3. The van der Waals surface area contributed by atoms with Crippen LogP contribution in [0, 0.1) is 10.1 Å². The maximum absolute atomic E-state index is 12.3. The SMILES string of the molecule is CCO.Nc1ccc2c(=O)c3ccc(N)cc3sc2c1.Nc1ccc2c(=O)c3ccc([N+](=O)[O-])cc3sc2c1.[Cl][Sn][Cl]. The van der Waals surface area contributed by atoms with Crippen LogP contribution < -0.4 is 28.1 Å². The zero-order valence-corrected chi connectivity index (χ0v) is 28.0. The number of nitro benzene ring substituents is 1. The summed E-state index contributed by atoms with van der Waals surface area (Å²) < 4.78 is 3.12. The van der Waals surface area contributed by atoms with Crippen LogP contribution in [0.1, 0.15) is 6.92 Å². The molecule has 14 heteroatoms. The van der Waals surface area contributed by atoms with Gasteiger partial charge in [-0.25, -0.2) is 0 Å². The van der Waals surface area contributed by atoms with E-state index in [1.165, 1.54) is 40.9 Å². The third kappa shape index (κ3) is 8.00. The Morgan fingerprint density at radius 3 is 1.31 bits per heavy atom. The first-order valence-electron chi connectivity index (χ1n) is 12.0. The van der Waals surface area contributed by atoms with Crippen LogP contribution in [0.15, 0.2) is 82.4 Å². The zero-order chi connectivity index (χ0) is 31.0. The van der Waals surface area contributed by atoms with Gasteiger partial charge < -0.3 is 22.3 Å². The van der Waals surface area contributed by atoms with E-state index < -0.39 is 23.8 Å². The molecule has 0 spiro atoms. The summed E-state index contributed by atoms with van der Waals surface area (Å²) in [5.41, 5.74) is 18.9. The Morgan fingerprint density at radius 1 is 0.714 bits per heavy atom. The molecule has 0 saturated carbocycles. The number of halogens is 2. The minimum absolute atomic E-state index is 0.0218. The summed E-state index contributed by atoms with van der Waals surface area (Å²) in [6.45, 7) is 1.93. The molecule has 0 fully saturated rings. The van der Waals surface area contributed by atoms with Gasteiger partial charge in [0.05, 0.1) is 4.92 Å². The second-order valence-electron chi connectivity index (χ2n) is 8.45. The van der Waals surface area contributed by atoms with Gasteiger partial charge in [0.15, 0.2) is 10.9 Å². The monoisotopic (exact) mass is 750 g/mol. The van der Waals surface area contributed by atoms with Crippen LogP contribution in [0.2, 0.25) is 0 Å². The summed E-state index contributed by atoms with van der Waals surface area (Å²) in [7, 11) is 9.87. The summed E-state index contributed by atoms with van der Waals surface area (Å²) >= 11 is 2.03. The van der Waals surface area contributed by atoms with Gasteiger partial charge in [-0.3, -0.25) is 19.7 Å². The molecule has 2 radical (unpaired) electrons. The summed E-state index contributed by atoms with van der Waals surface area (Å²) in [6, 6.07) is 20.0. The number of non-ortho nitro benzene ring substituents is 1. The second-order valence-corrected chi connectivity index (χ2v) is 14.9. The number of aliphatic hydroxyl groups excluding tert-OH is 1. The van der Waals surface area contributed by atoms with E-state index in [0.717, 1.165) is 14.1 Å². The van der Waals surface area contributed by atoms with Crippen LogP contribution in [-0.2, 0) is 0 Å². The fourth-order valence-electron chi connectivity index (χ4n) is 3.86. The average Bonchev–Trinajstić information content (AvgIpc) is 2.93. The van der Waals surface area contributed by atoms with Crippen molar-refractivity contribution in [1.29, 1.82) is 0 Å². The number of fused-ring (bicyclic) bond motifs is 4. The van der Waals surface area contributed by atoms with Crippen molar-refractivity contribution in [1.82, 2.24) is 0 Å². The molecule has 9 nitrogen and oxygen atoms in total. The molecule has 0 bridgehead atoms. The third-order valence-electron chi connectivity index (χ3n) is 5.61. The second kappa shape index (κ2) is 15.3. The first kappa shape index (κ1) is 33.3. The average molecular weight is 750 g/mol. The molecule has 0 aliphatic rings. The summed E-state index contributed by atoms with van der Waals surface area (Å²) in [6.07, 6.45) is 0. The van der Waals surface area contributed by atoms with Crippen LogP contribution in [0.5, 0.6) is 0 Å². The number of hydrogen-bond donors (Lipinski definition) is 4. The molecule has 42 heavy (non-hydrogen) atoms. The van der Waals surface area contributed by atoms with E-state index >= 15 is 0 Å². The molecule has 2 aromatic heterocycles. The molecule has 7 N–H and O–H groups in total. The number of nitrogens with two attached hydrogens (primary N) is 3. The van der Waals surface area contributed by atoms with Crippen molar-refractivity contribution in [3.63, 3.8) is 0 Å². The number of rotatable bonds is 1. The fraction of sp³-hybridized carbons (Fsp3) is 0.0714. The van der Waals surface area contributed by atoms with Crippen molar-refractivity contribution in [3.8, 4) is 0 Å². The Kier molecular flexibility index (Phi) is 12.1. The van der Waals surface area contributed by atoms with Crippen molar-refractivity contribution in [2.75, 3.05) is 23.8 Å². The predicted molar refractivity (Wildman–Crippen MR) is 181 cm³/mol. The van der Waals surface area contributed by atoms with Gasteiger partial charge in [-0.1, -0.05) is 0 Å². The standard InChI is InChI=1S/C13H8N2O3S.C13H10N2OS.C2H6O.2ClH.Sn/c14-7-1-3-9-11(5-7)19-12-6-8(15(17)18)2-4-10(12)13(9)16;14-7-1-3-9-11(5-7)17-12-6-8(15)2-4-10(12)13(9)16;1-2-3;;;/h1-6H,14H2;1-6H,14-15H2;3H,2H2,1H3;2*1H;/q;;;;;+2/p-2. The number of nitrogen functional groups attached to an aromatic ring is 3. The quantitative estimate of drug-likeness (QED) is 0.0486. The van der Waals surface area contributed by atoms with E-state index in [2.05, 4.69) is 0 Å². The molecule has 0 aliphatic heterocycles. The van der Waals surface area contributed by atoms with E-state index in [1.807, 2.05) is 12.1 Å². The van der Waals surface area contributed by atoms with Crippen LogP contribution >= 0.6 is 40.5 Å². The van der Waals surface area contributed by atoms with Gasteiger partial charge in [0.25, 0.3) is 5.69 Å². The van der Waals surface area contributed by atoms with Gasteiger partial charge in [0.2, 0.25) is 0 Å². The molecular weight excluding hydrogens is 726 g/mol. The van der Waals surface area contributed by atoms with E-state index in [4.69, 9.17) is 40.1 Å². The Hall–Kier alpha value is -3.20. The predicted octanol–water partition coefficient (Wildman–Crippen LogP) is 6.48. The third-order valence-corrected chi connectivity index (χ3v) is 7.84. The van der Waals surface area contributed by atoms with Gasteiger partial charge in [0, 0.05) is 76.1 Å². The number of aliphatic hydroxyl groups is 1. The van der Waals surface area contributed by atoms with Gasteiger partial charge in [0.1, 0.15) is 0 Å². The van der Waals surface area contributed by atoms with E-state index in [0.29, 0.717) is 43.3 Å². The number of benzene rings is 4. The molecule has 2 heterocycles. The van der Waals surface area contributed by atoms with Crippen LogP contribution in [-0.4, -0.2) is 35.5 Å². The molecular formula is C28H24Cl2N4O5S2Sn.